The molecule has 1 aromatic carbocycles. The number of para-hydroxylation sites is 1. The quantitative estimate of drug-likeness (QED) is 0.639. The van der Waals surface area contributed by atoms with Crippen LogP contribution >= 0.6 is 0 Å². The number of ether oxygens (including phenoxy) is 1. The molecule has 106 valence electrons. The van der Waals surface area contributed by atoms with E-state index in [1.54, 1.807) is 25.1 Å². The molecule has 2 atom stereocenters. The summed E-state index contributed by atoms with van der Waals surface area (Å²) < 4.78 is 5.02. The van der Waals surface area contributed by atoms with Gasteiger partial charge >= 0.3 is 12.0 Å². The molecular weight excluding hydrogens is 256 g/mol. The average Bonchev–Trinajstić information content (AvgIpc) is 3.14. The van der Waals surface area contributed by atoms with Crippen LogP contribution in [0.3, 0.4) is 0 Å². The molecule has 1 aliphatic rings. The van der Waals surface area contributed by atoms with E-state index in [1.165, 1.54) is 0 Å². The standard InChI is InChI=1S/C15H18N2O3/c1-3-11-10-15(11,13(18)20-4-2)17-14(19)16-12-8-6-5-7-9-12/h3,5-9,11H,1,4,10H2,2H3,(H2,16,17,19)/t11-,15-/m1/s1. The number of hydrogen-bond acceptors (Lipinski definition) is 3. The Hall–Kier alpha value is -2.30. The molecule has 0 aliphatic heterocycles. The summed E-state index contributed by atoms with van der Waals surface area (Å²) in [6, 6.07) is 8.62. The van der Waals surface area contributed by atoms with E-state index in [1.807, 2.05) is 18.2 Å². The van der Waals surface area contributed by atoms with Gasteiger partial charge in [-0.25, -0.2) is 9.59 Å². The first-order valence-electron chi connectivity index (χ1n) is 6.56. The number of amides is 2. The highest BCUT2D eigenvalue weighted by Crippen LogP contribution is 2.45. The van der Waals surface area contributed by atoms with E-state index in [2.05, 4.69) is 17.2 Å². The fourth-order valence-electron chi connectivity index (χ4n) is 2.15. The van der Waals surface area contributed by atoms with Gasteiger partial charge in [-0.1, -0.05) is 24.3 Å². The summed E-state index contributed by atoms with van der Waals surface area (Å²) in [6.07, 6.45) is 2.19. The Labute approximate surface area is 118 Å². The lowest BCUT2D eigenvalue weighted by Crippen LogP contribution is -2.47. The molecule has 1 aliphatic carbocycles. The van der Waals surface area contributed by atoms with Gasteiger partial charge in [-0.05, 0) is 25.5 Å². The number of rotatable bonds is 5. The van der Waals surface area contributed by atoms with Crippen molar-refractivity contribution in [2.45, 2.75) is 18.9 Å². The molecule has 0 aromatic heterocycles. The molecule has 0 unspecified atom stereocenters. The van der Waals surface area contributed by atoms with Crippen LogP contribution in [0.25, 0.3) is 0 Å². The molecule has 1 fully saturated rings. The first kappa shape index (κ1) is 14.1. The van der Waals surface area contributed by atoms with Crippen molar-refractivity contribution in [2.24, 2.45) is 5.92 Å². The molecule has 0 spiro atoms. The zero-order chi connectivity index (χ0) is 14.6. The van der Waals surface area contributed by atoms with Crippen LogP contribution in [-0.2, 0) is 9.53 Å². The number of carbonyl (C=O) groups excluding carboxylic acids is 2. The maximum Gasteiger partial charge on any atom is 0.332 e. The predicted octanol–water partition coefficient (Wildman–Crippen LogP) is 2.32. The normalized spacial score (nSPS) is 23.6. The van der Waals surface area contributed by atoms with E-state index in [9.17, 15) is 9.59 Å². The Balaban J connectivity index is 2.01. The third-order valence-electron chi connectivity index (χ3n) is 3.31. The van der Waals surface area contributed by atoms with Crippen LogP contribution in [0.1, 0.15) is 13.3 Å². The minimum absolute atomic E-state index is 0.0805. The van der Waals surface area contributed by atoms with Crippen LogP contribution in [-0.4, -0.2) is 24.1 Å². The second-order valence-electron chi connectivity index (χ2n) is 4.68. The summed E-state index contributed by atoms with van der Waals surface area (Å²) in [6.45, 7) is 5.69. The molecule has 2 rings (SSSR count). The predicted molar refractivity (Wildman–Crippen MR) is 76.3 cm³/mol. The minimum Gasteiger partial charge on any atom is -0.464 e. The summed E-state index contributed by atoms with van der Waals surface area (Å²) in [5, 5.41) is 5.39. The summed E-state index contributed by atoms with van der Waals surface area (Å²) in [7, 11) is 0. The maximum atomic E-state index is 12.0. The highest BCUT2D eigenvalue weighted by atomic mass is 16.5. The number of nitrogens with one attached hydrogen (secondary N) is 2. The second kappa shape index (κ2) is 5.77. The van der Waals surface area contributed by atoms with Crippen molar-refractivity contribution in [1.29, 1.82) is 0 Å². The van der Waals surface area contributed by atoms with Crippen molar-refractivity contribution in [3.63, 3.8) is 0 Å². The molecule has 1 aromatic rings. The number of urea groups is 1. The maximum absolute atomic E-state index is 12.0. The Morgan fingerprint density at radius 3 is 2.70 bits per heavy atom. The van der Waals surface area contributed by atoms with E-state index in [0.29, 0.717) is 12.1 Å². The van der Waals surface area contributed by atoms with Crippen LogP contribution in [0, 0.1) is 5.92 Å². The molecule has 5 nitrogen and oxygen atoms in total. The number of carbonyl (C=O) groups is 2. The Morgan fingerprint density at radius 1 is 1.45 bits per heavy atom. The third kappa shape index (κ3) is 2.82. The number of hydrogen-bond donors (Lipinski definition) is 2. The monoisotopic (exact) mass is 274 g/mol. The summed E-state index contributed by atoms with van der Waals surface area (Å²) in [5.74, 6) is -0.490. The number of esters is 1. The number of benzene rings is 1. The largest absolute Gasteiger partial charge is 0.464 e. The van der Waals surface area contributed by atoms with Gasteiger partial charge in [0.2, 0.25) is 0 Å². The topological polar surface area (TPSA) is 67.4 Å². The van der Waals surface area contributed by atoms with Gasteiger partial charge < -0.3 is 15.4 Å². The van der Waals surface area contributed by atoms with E-state index in [0.717, 1.165) is 0 Å². The van der Waals surface area contributed by atoms with Crippen molar-refractivity contribution in [1.82, 2.24) is 5.32 Å². The molecule has 0 radical (unpaired) electrons. The SMILES string of the molecule is C=C[C@@H]1C[C@]1(NC(=O)Nc1ccccc1)C(=O)OCC. The lowest BCUT2D eigenvalue weighted by Gasteiger charge is -2.17. The second-order valence-corrected chi connectivity index (χ2v) is 4.68. The molecule has 2 N–H and O–H groups in total. The fourth-order valence-corrected chi connectivity index (χ4v) is 2.15. The Bertz CT molecular complexity index is 515. The molecular formula is C15H18N2O3. The van der Waals surface area contributed by atoms with Gasteiger partial charge in [0.15, 0.2) is 0 Å². The first-order chi connectivity index (χ1) is 9.62. The molecule has 0 saturated heterocycles. The smallest absolute Gasteiger partial charge is 0.332 e. The molecule has 0 heterocycles. The van der Waals surface area contributed by atoms with E-state index in [-0.39, 0.29) is 12.5 Å². The molecule has 5 heteroatoms. The van der Waals surface area contributed by atoms with E-state index in [4.69, 9.17) is 4.74 Å². The van der Waals surface area contributed by atoms with E-state index < -0.39 is 17.5 Å². The van der Waals surface area contributed by atoms with Crippen molar-refractivity contribution < 1.29 is 14.3 Å². The van der Waals surface area contributed by atoms with Crippen LogP contribution in [0.5, 0.6) is 0 Å². The highest BCUT2D eigenvalue weighted by Gasteiger charge is 2.61. The van der Waals surface area contributed by atoms with Crippen molar-refractivity contribution in [2.75, 3.05) is 11.9 Å². The van der Waals surface area contributed by atoms with Gasteiger partial charge in [-0.15, -0.1) is 6.58 Å². The third-order valence-corrected chi connectivity index (χ3v) is 3.31. The summed E-state index contributed by atoms with van der Waals surface area (Å²) in [4.78, 5) is 23.9. The minimum atomic E-state index is -0.962. The van der Waals surface area contributed by atoms with Gasteiger partial charge in [0.05, 0.1) is 6.61 Å². The van der Waals surface area contributed by atoms with Gasteiger partial charge in [0.25, 0.3) is 0 Å². The molecule has 1 saturated carbocycles. The molecule has 20 heavy (non-hydrogen) atoms. The van der Waals surface area contributed by atoms with Gasteiger partial charge in [0.1, 0.15) is 5.54 Å². The lowest BCUT2D eigenvalue weighted by molar-refractivity contribution is -0.146. The van der Waals surface area contributed by atoms with Crippen LogP contribution in [0.2, 0.25) is 0 Å². The summed E-state index contributed by atoms with van der Waals surface area (Å²) in [5.41, 5.74) is -0.295. The van der Waals surface area contributed by atoms with Crippen LogP contribution in [0.4, 0.5) is 10.5 Å². The molecule has 2 amide bonds. The van der Waals surface area contributed by atoms with Gasteiger partial charge in [-0.2, -0.15) is 0 Å². The Kier molecular flexibility index (Phi) is 4.08. The van der Waals surface area contributed by atoms with Gasteiger partial charge in [-0.3, -0.25) is 0 Å². The van der Waals surface area contributed by atoms with Gasteiger partial charge in [0, 0.05) is 11.6 Å². The zero-order valence-corrected chi connectivity index (χ0v) is 11.4. The van der Waals surface area contributed by atoms with E-state index >= 15 is 0 Å². The van der Waals surface area contributed by atoms with Crippen molar-refractivity contribution in [3.8, 4) is 0 Å². The highest BCUT2D eigenvalue weighted by molar-refractivity contribution is 5.96. The lowest BCUT2D eigenvalue weighted by atomic mass is 10.2. The van der Waals surface area contributed by atoms with Crippen LogP contribution < -0.4 is 10.6 Å². The Morgan fingerprint density at radius 2 is 2.15 bits per heavy atom. The average molecular weight is 274 g/mol. The first-order valence-corrected chi connectivity index (χ1v) is 6.56. The zero-order valence-electron chi connectivity index (χ0n) is 11.4. The fraction of sp³-hybridized carbons (Fsp3) is 0.333. The van der Waals surface area contributed by atoms with Crippen molar-refractivity contribution >= 4 is 17.7 Å². The summed E-state index contributed by atoms with van der Waals surface area (Å²) >= 11 is 0. The van der Waals surface area contributed by atoms with Crippen LogP contribution in [0.15, 0.2) is 43.0 Å². The molecule has 0 bridgehead atoms. The number of anilines is 1. The van der Waals surface area contributed by atoms with Crippen molar-refractivity contribution in [3.05, 3.63) is 43.0 Å².